The Kier molecular flexibility index (Phi) is 14.5. The first-order valence-corrected chi connectivity index (χ1v) is 20.5. The van der Waals surface area contributed by atoms with E-state index in [0.29, 0.717) is 26.2 Å². The first-order valence-electron chi connectivity index (χ1n) is 17.7. The molecule has 0 radical (unpaired) electrons. The van der Waals surface area contributed by atoms with Crippen LogP contribution in [0.2, 0.25) is 0 Å². The fourth-order valence-electron chi connectivity index (χ4n) is 6.69. The van der Waals surface area contributed by atoms with Crippen LogP contribution in [0.1, 0.15) is 61.1 Å². The molecule has 1 aliphatic carbocycles. The van der Waals surface area contributed by atoms with Crippen molar-refractivity contribution in [3.05, 3.63) is 148 Å². The van der Waals surface area contributed by atoms with Gasteiger partial charge in [-0.2, -0.15) is 0 Å². The number of allylic oxidation sites excluding steroid dienone is 5. The van der Waals surface area contributed by atoms with Crippen LogP contribution in [0, 0.1) is 13.8 Å². The fourth-order valence-corrected chi connectivity index (χ4v) is 7.70. The summed E-state index contributed by atoms with van der Waals surface area (Å²) >= 11 is 0. The van der Waals surface area contributed by atoms with Crippen molar-refractivity contribution < 1.29 is 60.1 Å². The van der Waals surface area contributed by atoms with Crippen LogP contribution in [-0.4, -0.2) is 55.9 Å². The largest absolute Gasteiger partial charge is 1.00 e. The molecule has 5 rings (SSSR count). The van der Waals surface area contributed by atoms with Crippen molar-refractivity contribution in [1.82, 2.24) is 0 Å². The Morgan fingerprint density at radius 3 is 2.04 bits per heavy atom. The first-order chi connectivity index (χ1) is 25.1. The third kappa shape index (κ3) is 10.3. The zero-order valence-electron chi connectivity index (χ0n) is 32.0. The second-order valence-corrected chi connectivity index (χ2v) is 15.9. The van der Waals surface area contributed by atoms with Gasteiger partial charge in [0.25, 0.3) is 0 Å². The molecule has 0 heterocycles. The molecule has 0 atom stereocenters. The van der Waals surface area contributed by atoms with Crippen LogP contribution in [0.5, 0.6) is 0 Å². The number of nitrogens with zero attached hydrogens (tertiary/aromatic N) is 2. The van der Waals surface area contributed by atoms with Gasteiger partial charge in [-0.05, 0) is 141 Å². The van der Waals surface area contributed by atoms with Gasteiger partial charge in [0.1, 0.15) is 26.8 Å². The van der Waals surface area contributed by atoms with Crippen molar-refractivity contribution >= 4 is 42.9 Å². The Morgan fingerprint density at radius 1 is 0.759 bits per heavy atom. The molecule has 0 saturated heterocycles. The second kappa shape index (κ2) is 18.2. The van der Waals surface area contributed by atoms with E-state index in [1.54, 1.807) is 18.2 Å². The van der Waals surface area contributed by atoms with E-state index in [2.05, 4.69) is 104 Å². The number of nitrogens with one attached hydrogen (secondary N) is 1. The van der Waals surface area contributed by atoms with E-state index in [1.165, 1.54) is 24.3 Å². The Morgan fingerprint density at radius 2 is 1.46 bits per heavy atom. The summed E-state index contributed by atoms with van der Waals surface area (Å²) in [4.78, 5) is 1.73. The maximum Gasteiger partial charge on any atom is 1.00 e. The Hall–Kier alpha value is -3.81. The minimum atomic E-state index is -4.56. The number of hydrogen-bond donors (Lipinski definition) is 1. The summed E-state index contributed by atoms with van der Waals surface area (Å²) in [5, 5.41) is 3.44. The van der Waals surface area contributed by atoms with Crippen LogP contribution in [0.15, 0.2) is 124 Å². The van der Waals surface area contributed by atoms with Crippen molar-refractivity contribution in [1.29, 1.82) is 0 Å². The summed E-state index contributed by atoms with van der Waals surface area (Å²) in [6.07, 6.45) is 6.39. The molecule has 1 aliphatic rings. The Bertz CT molecular complexity index is 2360. The van der Waals surface area contributed by atoms with E-state index in [4.69, 9.17) is 0 Å². The van der Waals surface area contributed by atoms with E-state index >= 15 is 0 Å². The quantitative estimate of drug-likeness (QED) is 0.119. The maximum absolute atomic E-state index is 11.7. The average Bonchev–Trinajstić information content (AvgIpc) is 3.11. The number of anilines is 2. The molecule has 4 aromatic rings. The van der Waals surface area contributed by atoms with E-state index < -0.39 is 20.2 Å². The predicted octanol–water partition coefficient (Wildman–Crippen LogP) is 4.57. The number of rotatable bonds is 13. The maximum atomic E-state index is 11.7. The molecule has 9 nitrogen and oxygen atoms in total. The zero-order chi connectivity index (χ0) is 38.5. The van der Waals surface area contributed by atoms with Gasteiger partial charge in [0.2, 0.25) is 0 Å². The molecule has 54 heavy (non-hydrogen) atoms. The van der Waals surface area contributed by atoms with Crippen LogP contribution in [0.25, 0.3) is 5.57 Å². The molecule has 12 heteroatoms. The topological polar surface area (TPSA) is 133 Å². The summed E-state index contributed by atoms with van der Waals surface area (Å²) in [5.74, 6) is 0. The van der Waals surface area contributed by atoms with Crippen LogP contribution >= 0.6 is 0 Å². The molecule has 0 bridgehead atoms. The summed E-state index contributed by atoms with van der Waals surface area (Å²) in [6, 6.07) is 25.2. The van der Waals surface area contributed by atoms with Gasteiger partial charge in [-0.3, -0.25) is 0 Å². The molecular formula is C42H46N3NaO6S2. The Labute approximate surface area is 342 Å². The zero-order valence-corrected chi connectivity index (χ0v) is 35.6. The van der Waals surface area contributed by atoms with Gasteiger partial charge in [-0.15, -0.1) is 0 Å². The van der Waals surface area contributed by atoms with Crippen molar-refractivity contribution in [2.24, 2.45) is 0 Å². The third-order valence-electron chi connectivity index (χ3n) is 9.48. The molecule has 0 amide bonds. The van der Waals surface area contributed by atoms with Gasteiger partial charge in [0.15, 0.2) is 12.3 Å². The van der Waals surface area contributed by atoms with Gasteiger partial charge < -0.3 is 19.3 Å². The Balaban J connectivity index is 0.00000650. The molecular weight excluding hydrogens is 730 g/mol. The normalized spacial score (nSPS) is 14.9. The predicted molar refractivity (Wildman–Crippen MR) is 210 cm³/mol. The van der Waals surface area contributed by atoms with Crippen LogP contribution in [-0.2, 0) is 33.3 Å². The number of benzene rings is 4. The summed E-state index contributed by atoms with van der Waals surface area (Å²) in [7, 11) is -9.06. The van der Waals surface area contributed by atoms with Crippen LogP contribution in [0.4, 0.5) is 11.4 Å². The second-order valence-electron chi connectivity index (χ2n) is 13.2. The van der Waals surface area contributed by atoms with Gasteiger partial charge in [0.05, 0.1) is 9.79 Å². The smallest absolute Gasteiger partial charge is 0.744 e. The third-order valence-corrected chi connectivity index (χ3v) is 11.2. The van der Waals surface area contributed by atoms with Gasteiger partial charge >= 0.3 is 29.6 Å². The SMILES string of the molecule is CCNc1ccc(C(=C2C=CC(=[N+](CC)Cc3cccc(S(=O)(=O)[O-])c3)C=C2C)c2ccc(N(CC)Cc3ccc(S(=O)(=O)[O-])cc3)cc2C)cc1C.[Na+]. The van der Waals surface area contributed by atoms with Crippen LogP contribution < -0.4 is 39.8 Å². The van der Waals surface area contributed by atoms with Gasteiger partial charge in [-0.1, -0.05) is 36.4 Å². The minimum Gasteiger partial charge on any atom is -0.744 e. The summed E-state index contributed by atoms with van der Waals surface area (Å²) in [5.41, 5.74) is 12.4. The molecule has 0 fully saturated rings. The summed E-state index contributed by atoms with van der Waals surface area (Å²) < 4.78 is 71.4. The van der Waals surface area contributed by atoms with E-state index in [1.807, 2.05) is 13.0 Å². The van der Waals surface area contributed by atoms with E-state index in [9.17, 15) is 25.9 Å². The van der Waals surface area contributed by atoms with Crippen LogP contribution in [0.3, 0.4) is 0 Å². The molecule has 0 aromatic heterocycles. The van der Waals surface area contributed by atoms with E-state index in [-0.39, 0.29) is 39.3 Å². The molecule has 1 N–H and O–H groups in total. The molecule has 0 unspecified atom stereocenters. The molecule has 0 saturated carbocycles. The average molecular weight is 776 g/mol. The monoisotopic (exact) mass is 775 g/mol. The number of aryl methyl sites for hydroxylation is 2. The van der Waals surface area contributed by atoms with Crippen molar-refractivity contribution in [3.8, 4) is 0 Å². The molecule has 278 valence electrons. The van der Waals surface area contributed by atoms with Crippen molar-refractivity contribution in [2.75, 3.05) is 29.9 Å². The molecule has 0 aliphatic heterocycles. The standard InChI is InChI=1S/C42H47N3O6S2.Na/c1-7-43-41-22-15-34(23-31(41)6)42(39-20-16-35(24-29(39)4)44(8-2)27-32-13-18-37(19-14-32)52(46,47)48)40-21-17-36(25-30(40)5)45(9-3)28-33-11-10-12-38(26-33)53(49,50)51;/h10-26H,7-9,27-28H2,1-6H3,(H2,46,47,48,49,50,51);/q;+1/p-1. The fraction of sp³-hybridized carbons (Fsp3) is 0.262. The first kappa shape index (κ1) is 42.9. The number of hydrogen-bond acceptors (Lipinski definition) is 8. The van der Waals surface area contributed by atoms with Crippen molar-refractivity contribution in [3.63, 3.8) is 0 Å². The minimum absolute atomic E-state index is 0. The van der Waals surface area contributed by atoms with Crippen molar-refractivity contribution in [2.45, 2.75) is 64.4 Å². The van der Waals surface area contributed by atoms with Gasteiger partial charge in [0, 0.05) is 48.7 Å². The molecule has 0 spiro atoms. The van der Waals surface area contributed by atoms with Gasteiger partial charge in [-0.25, -0.2) is 21.4 Å². The van der Waals surface area contributed by atoms with E-state index in [0.717, 1.165) is 73.7 Å². The summed E-state index contributed by atoms with van der Waals surface area (Å²) in [6.45, 7) is 15.7. The molecule has 4 aromatic carbocycles.